The third-order valence-electron chi connectivity index (χ3n) is 6.25. The first-order chi connectivity index (χ1) is 11.8. The number of aromatic nitrogens is 1. The lowest BCUT2D eigenvalue weighted by Crippen LogP contribution is -2.60. The number of carbonyl (C=O) groups excluding carboxylic acids is 1. The molecule has 1 atom stereocenters. The molecule has 24 heavy (non-hydrogen) atoms. The van der Waals surface area contributed by atoms with Crippen LogP contribution < -0.4 is 0 Å². The molecule has 3 heterocycles. The normalized spacial score (nSPS) is 28.3. The summed E-state index contributed by atoms with van der Waals surface area (Å²) in [5.74, 6) is 0.426. The second-order valence-corrected chi connectivity index (χ2v) is 7.79. The predicted molar refractivity (Wildman–Crippen MR) is 94.6 cm³/mol. The van der Waals surface area contributed by atoms with Crippen LogP contribution in [0.1, 0.15) is 44.1 Å². The summed E-state index contributed by atoms with van der Waals surface area (Å²) in [4.78, 5) is 21.3. The van der Waals surface area contributed by atoms with Crippen LogP contribution in [0.15, 0.2) is 30.5 Å². The van der Waals surface area contributed by atoms with Gasteiger partial charge in [0.1, 0.15) is 5.54 Å². The van der Waals surface area contributed by atoms with Gasteiger partial charge >= 0.3 is 0 Å². The molecule has 1 N–H and O–H groups in total. The van der Waals surface area contributed by atoms with E-state index < -0.39 is 0 Å². The highest BCUT2D eigenvalue weighted by Gasteiger charge is 2.52. The van der Waals surface area contributed by atoms with Crippen LogP contribution in [-0.4, -0.2) is 45.4 Å². The highest BCUT2D eigenvalue weighted by molar-refractivity contribution is 5.88. The van der Waals surface area contributed by atoms with E-state index in [1.807, 2.05) is 6.20 Å². The molecule has 0 radical (unpaired) electrons. The van der Waals surface area contributed by atoms with Crippen molar-refractivity contribution in [2.24, 2.45) is 0 Å². The van der Waals surface area contributed by atoms with Crippen molar-refractivity contribution in [3.63, 3.8) is 0 Å². The van der Waals surface area contributed by atoms with Gasteiger partial charge in [-0.05, 0) is 68.2 Å². The van der Waals surface area contributed by atoms with Gasteiger partial charge in [-0.25, -0.2) is 0 Å². The molecule has 4 heteroatoms. The van der Waals surface area contributed by atoms with E-state index in [4.69, 9.17) is 0 Å². The van der Waals surface area contributed by atoms with Crippen LogP contribution in [0.2, 0.25) is 0 Å². The Morgan fingerprint density at radius 1 is 1.12 bits per heavy atom. The van der Waals surface area contributed by atoms with Gasteiger partial charge < -0.3 is 9.88 Å². The number of rotatable bonds is 3. The maximum Gasteiger partial charge on any atom is 0.243 e. The minimum absolute atomic E-state index is 0.217. The molecule has 0 bridgehead atoms. The van der Waals surface area contributed by atoms with Crippen LogP contribution in [0.4, 0.5) is 0 Å². The zero-order valence-corrected chi connectivity index (χ0v) is 14.1. The Hall–Kier alpha value is -1.81. The van der Waals surface area contributed by atoms with Gasteiger partial charge in [0.25, 0.3) is 0 Å². The molecule has 1 unspecified atom stereocenters. The summed E-state index contributed by atoms with van der Waals surface area (Å²) in [6, 6.07) is 9.30. The van der Waals surface area contributed by atoms with Crippen LogP contribution in [0.5, 0.6) is 0 Å². The predicted octanol–water partition coefficient (Wildman–Crippen LogP) is 3.29. The minimum Gasteiger partial charge on any atom is -0.361 e. The van der Waals surface area contributed by atoms with E-state index in [0.717, 1.165) is 45.3 Å². The lowest BCUT2D eigenvalue weighted by atomic mass is 9.85. The van der Waals surface area contributed by atoms with Crippen molar-refractivity contribution < 1.29 is 4.79 Å². The SMILES string of the molecule is O=C1N(C2CC2)CCCC12CCCN2Cc1ccc2cc[nH]c2c1. The second-order valence-electron chi connectivity index (χ2n) is 7.79. The third-order valence-corrected chi connectivity index (χ3v) is 6.25. The Bertz CT molecular complexity index is 778. The highest BCUT2D eigenvalue weighted by atomic mass is 16.2. The first-order valence-electron chi connectivity index (χ1n) is 9.38. The molecule has 3 fully saturated rings. The summed E-state index contributed by atoms with van der Waals surface area (Å²) in [5, 5.41) is 1.25. The van der Waals surface area contributed by atoms with Crippen molar-refractivity contribution in [3.05, 3.63) is 36.0 Å². The fourth-order valence-electron chi connectivity index (χ4n) is 4.86. The van der Waals surface area contributed by atoms with Gasteiger partial charge in [-0.2, -0.15) is 0 Å². The van der Waals surface area contributed by atoms with Gasteiger partial charge in [-0.15, -0.1) is 0 Å². The monoisotopic (exact) mass is 323 g/mol. The first kappa shape index (κ1) is 14.5. The summed E-state index contributed by atoms with van der Waals surface area (Å²) >= 11 is 0. The molecule has 2 aliphatic heterocycles. The number of fused-ring (bicyclic) bond motifs is 1. The number of nitrogens with one attached hydrogen (secondary N) is 1. The van der Waals surface area contributed by atoms with E-state index in [1.54, 1.807) is 0 Å². The first-order valence-corrected chi connectivity index (χ1v) is 9.38. The molecule has 1 aliphatic carbocycles. The van der Waals surface area contributed by atoms with Crippen molar-refractivity contribution in [2.45, 2.75) is 56.7 Å². The van der Waals surface area contributed by atoms with Crippen molar-refractivity contribution in [3.8, 4) is 0 Å². The Kier molecular flexibility index (Phi) is 3.24. The van der Waals surface area contributed by atoms with Gasteiger partial charge in [0.05, 0.1) is 0 Å². The molecule has 2 aromatic rings. The molecule has 1 aromatic carbocycles. The molecule has 1 saturated carbocycles. The number of hydrogen-bond donors (Lipinski definition) is 1. The van der Waals surface area contributed by atoms with E-state index in [9.17, 15) is 4.79 Å². The number of nitrogens with zero attached hydrogens (tertiary/aromatic N) is 2. The van der Waals surface area contributed by atoms with E-state index >= 15 is 0 Å². The quantitative estimate of drug-likeness (QED) is 0.941. The Morgan fingerprint density at radius 2 is 1.96 bits per heavy atom. The van der Waals surface area contributed by atoms with E-state index in [1.165, 1.54) is 29.3 Å². The number of hydrogen-bond acceptors (Lipinski definition) is 2. The maximum absolute atomic E-state index is 13.3. The summed E-state index contributed by atoms with van der Waals surface area (Å²) in [6.07, 6.45) is 8.81. The van der Waals surface area contributed by atoms with Gasteiger partial charge in [0.15, 0.2) is 0 Å². The Labute approximate surface area is 142 Å². The lowest BCUT2D eigenvalue weighted by Gasteiger charge is -2.45. The Morgan fingerprint density at radius 3 is 2.79 bits per heavy atom. The van der Waals surface area contributed by atoms with Gasteiger partial charge in [0, 0.05) is 30.8 Å². The lowest BCUT2D eigenvalue weighted by molar-refractivity contribution is -0.148. The molecule has 1 amide bonds. The molecular formula is C20H25N3O. The fourth-order valence-corrected chi connectivity index (χ4v) is 4.86. The fraction of sp³-hybridized carbons (Fsp3) is 0.550. The highest BCUT2D eigenvalue weighted by Crippen LogP contribution is 2.42. The van der Waals surface area contributed by atoms with Crippen LogP contribution in [0.25, 0.3) is 10.9 Å². The van der Waals surface area contributed by atoms with Gasteiger partial charge in [0.2, 0.25) is 5.91 Å². The topological polar surface area (TPSA) is 39.3 Å². The standard InChI is InChI=1S/C20H25N3O/c24-19-20(9-2-12-23(19)17-5-6-17)8-1-11-22(20)14-15-3-4-16-7-10-21-18(16)13-15/h3-4,7,10,13,17,21H,1-2,5-6,8-9,11-12,14H2. The molecule has 1 spiro atoms. The number of benzene rings is 1. The summed E-state index contributed by atoms with van der Waals surface area (Å²) in [5.41, 5.74) is 2.28. The molecular weight excluding hydrogens is 298 g/mol. The zero-order valence-electron chi connectivity index (χ0n) is 14.1. The van der Waals surface area contributed by atoms with Crippen molar-refractivity contribution in [1.82, 2.24) is 14.8 Å². The number of piperidine rings is 1. The molecule has 5 rings (SSSR count). The van der Waals surface area contributed by atoms with Gasteiger partial charge in [-0.1, -0.05) is 12.1 Å². The van der Waals surface area contributed by atoms with E-state index in [-0.39, 0.29) is 5.54 Å². The molecule has 1 aromatic heterocycles. The largest absolute Gasteiger partial charge is 0.361 e. The van der Waals surface area contributed by atoms with Crippen molar-refractivity contribution in [2.75, 3.05) is 13.1 Å². The molecule has 3 aliphatic rings. The number of amides is 1. The number of likely N-dealkylation sites (tertiary alicyclic amines) is 2. The zero-order chi connectivity index (χ0) is 16.1. The second kappa shape index (κ2) is 5.35. The van der Waals surface area contributed by atoms with Crippen molar-refractivity contribution in [1.29, 1.82) is 0 Å². The van der Waals surface area contributed by atoms with E-state index in [2.05, 4.69) is 39.0 Å². The summed E-state index contributed by atoms with van der Waals surface area (Å²) in [7, 11) is 0. The van der Waals surface area contributed by atoms with Crippen LogP contribution in [0.3, 0.4) is 0 Å². The molecule has 4 nitrogen and oxygen atoms in total. The smallest absolute Gasteiger partial charge is 0.243 e. The Balaban J connectivity index is 1.42. The van der Waals surface area contributed by atoms with Gasteiger partial charge in [-0.3, -0.25) is 9.69 Å². The van der Waals surface area contributed by atoms with Crippen LogP contribution >= 0.6 is 0 Å². The summed E-state index contributed by atoms with van der Waals surface area (Å²) < 4.78 is 0. The molecule has 2 saturated heterocycles. The number of H-pyrrole nitrogens is 1. The van der Waals surface area contributed by atoms with Crippen LogP contribution in [0, 0.1) is 0 Å². The summed E-state index contributed by atoms with van der Waals surface area (Å²) in [6.45, 7) is 2.92. The minimum atomic E-state index is -0.217. The van der Waals surface area contributed by atoms with Crippen LogP contribution in [-0.2, 0) is 11.3 Å². The number of aromatic amines is 1. The third kappa shape index (κ3) is 2.20. The maximum atomic E-state index is 13.3. The number of carbonyl (C=O) groups is 1. The average molecular weight is 323 g/mol. The van der Waals surface area contributed by atoms with Crippen molar-refractivity contribution >= 4 is 16.8 Å². The average Bonchev–Trinajstić information content (AvgIpc) is 3.20. The molecule has 126 valence electrons. The van der Waals surface area contributed by atoms with E-state index in [0.29, 0.717) is 11.9 Å².